The fraction of sp³-hybridized carbons (Fsp3) is 0.400. The van der Waals surface area contributed by atoms with Crippen molar-refractivity contribution < 1.29 is 13.2 Å². The third-order valence-corrected chi connectivity index (χ3v) is 6.39. The molecule has 1 aliphatic rings. The van der Waals surface area contributed by atoms with Crippen molar-refractivity contribution in [1.29, 1.82) is 0 Å². The second-order valence-corrected chi connectivity index (χ2v) is 9.00. The minimum Gasteiger partial charge on any atom is -0.334 e. The van der Waals surface area contributed by atoms with Crippen LogP contribution in [0.3, 0.4) is 0 Å². The van der Waals surface area contributed by atoms with Gasteiger partial charge in [0, 0.05) is 30.7 Å². The van der Waals surface area contributed by atoms with Crippen molar-refractivity contribution in [2.24, 2.45) is 5.92 Å². The van der Waals surface area contributed by atoms with Crippen molar-refractivity contribution in [2.75, 3.05) is 5.32 Å². The molecule has 28 heavy (non-hydrogen) atoms. The largest absolute Gasteiger partial charge is 0.334 e. The number of amides is 2. The van der Waals surface area contributed by atoms with Crippen molar-refractivity contribution in [2.45, 2.75) is 50.1 Å². The Kier molecular flexibility index (Phi) is 6.64. The molecule has 150 valence electrons. The smallest absolute Gasteiger partial charge is 0.319 e. The number of nitrogens with one attached hydrogen (secondary N) is 3. The monoisotopic (exact) mass is 402 g/mol. The molecule has 8 heteroatoms. The summed E-state index contributed by atoms with van der Waals surface area (Å²) >= 11 is 0. The average Bonchev–Trinajstić information content (AvgIpc) is 2.67. The molecule has 0 saturated heterocycles. The van der Waals surface area contributed by atoms with Gasteiger partial charge in [-0.15, -0.1) is 0 Å². The number of carbonyl (C=O) groups is 1. The summed E-state index contributed by atoms with van der Waals surface area (Å²) in [4.78, 5) is 16.2. The lowest BCUT2D eigenvalue weighted by Crippen LogP contribution is -2.37. The van der Waals surface area contributed by atoms with Crippen molar-refractivity contribution in [3.63, 3.8) is 0 Å². The van der Waals surface area contributed by atoms with Crippen LogP contribution in [-0.2, 0) is 16.6 Å². The number of aromatic nitrogens is 1. The lowest BCUT2D eigenvalue weighted by Gasteiger charge is -2.27. The molecular weight excluding hydrogens is 376 g/mol. The third-order valence-electron chi connectivity index (χ3n) is 4.86. The summed E-state index contributed by atoms with van der Waals surface area (Å²) < 4.78 is 28.0. The maximum absolute atomic E-state index is 12.6. The fourth-order valence-electron chi connectivity index (χ4n) is 3.41. The zero-order valence-corrected chi connectivity index (χ0v) is 16.7. The molecule has 0 aliphatic heterocycles. The molecule has 1 fully saturated rings. The number of benzene rings is 1. The highest BCUT2D eigenvalue weighted by Crippen LogP contribution is 2.25. The number of pyridine rings is 1. The predicted molar refractivity (Wildman–Crippen MR) is 108 cm³/mol. The van der Waals surface area contributed by atoms with E-state index in [-0.39, 0.29) is 17.0 Å². The van der Waals surface area contributed by atoms with Gasteiger partial charge in [0.05, 0.1) is 4.90 Å². The van der Waals surface area contributed by atoms with Crippen molar-refractivity contribution in [3.8, 4) is 0 Å². The molecule has 0 spiro atoms. The van der Waals surface area contributed by atoms with E-state index in [0.29, 0.717) is 18.2 Å². The summed E-state index contributed by atoms with van der Waals surface area (Å²) in [6.07, 6.45) is 7.30. The molecule has 2 unspecified atom stereocenters. The van der Waals surface area contributed by atoms with Gasteiger partial charge < -0.3 is 10.6 Å². The average molecular weight is 403 g/mol. The lowest BCUT2D eigenvalue weighted by atomic mass is 9.88. The highest BCUT2D eigenvalue weighted by Gasteiger charge is 2.24. The first-order chi connectivity index (χ1) is 13.4. The predicted octanol–water partition coefficient (Wildman–Crippen LogP) is 3.26. The Labute approximate surface area is 166 Å². The SMILES string of the molecule is CC1CCCC(NS(=O)(=O)c2ccc(NC(=O)NCc3cccnc3)cc2)C1. The maximum Gasteiger partial charge on any atom is 0.319 e. The second kappa shape index (κ2) is 9.16. The lowest BCUT2D eigenvalue weighted by molar-refractivity contribution is 0.251. The summed E-state index contributed by atoms with van der Waals surface area (Å²) in [6.45, 7) is 2.51. The molecule has 0 radical (unpaired) electrons. The number of rotatable bonds is 6. The Bertz CT molecular complexity index is 885. The van der Waals surface area contributed by atoms with E-state index in [2.05, 4.69) is 27.3 Å². The maximum atomic E-state index is 12.6. The van der Waals surface area contributed by atoms with Crippen LogP contribution in [0.2, 0.25) is 0 Å². The van der Waals surface area contributed by atoms with Gasteiger partial charge in [0.2, 0.25) is 10.0 Å². The van der Waals surface area contributed by atoms with Crippen LogP contribution in [0.25, 0.3) is 0 Å². The highest BCUT2D eigenvalue weighted by molar-refractivity contribution is 7.89. The Morgan fingerprint density at radius 3 is 2.64 bits per heavy atom. The quantitative estimate of drug-likeness (QED) is 0.690. The molecule has 1 aromatic carbocycles. The van der Waals surface area contributed by atoms with Crippen LogP contribution < -0.4 is 15.4 Å². The number of anilines is 1. The molecule has 7 nitrogen and oxygen atoms in total. The number of sulfonamides is 1. The van der Waals surface area contributed by atoms with E-state index < -0.39 is 10.0 Å². The van der Waals surface area contributed by atoms with Crippen molar-refractivity contribution in [3.05, 3.63) is 54.4 Å². The van der Waals surface area contributed by atoms with Crippen molar-refractivity contribution in [1.82, 2.24) is 15.0 Å². The molecule has 3 rings (SSSR count). The van der Waals surface area contributed by atoms with Gasteiger partial charge >= 0.3 is 6.03 Å². The molecule has 1 heterocycles. The van der Waals surface area contributed by atoms with E-state index >= 15 is 0 Å². The number of hydrogen-bond donors (Lipinski definition) is 3. The molecule has 1 saturated carbocycles. The molecule has 0 bridgehead atoms. The van der Waals surface area contributed by atoms with E-state index in [4.69, 9.17) is 0 Å². The van der Waals surface area contributed by atoms with Crippen LogP contribution in [0.15, 0.2) is 53.7 Å². The summed E-state index contributed by atoms with van der Waals surface area (Å²) in [5, 5.41) is 5.42. The molecule has 3 N–H and O–H groups in total. The Morgan fingerprint density at radius 1 is 1.18 bits per heavy atom. The first-order valence-corrected chi connectivity index (χ1v) is 11.0. The van der Waals surface area contributed by atoms with Gasteiger partial charge in [-0.05, 0) is 54.7 Å². The van der Waals surface area contributed by atoms with Gasteiger partial charge in [-0.2, -0.15) is 0 Å². The van der Waals surface area contributed by atoms with E-state index in [9.17, 15) is 13.2 Å². The van der Waals surface area contributed by atoms with Crippen LogP contribution in [0.4, 0.5) is 10.5 Å². The van der Waals surface area contributed by atoms with Gasteiger partial charge in [-0.25, -0.2) is 17.9 Å². The number of urea groups is 1. The molecule has 2 amide bonds. The molecular formula is C20H26N4O3S. The fourth-order valence-corrected chi connectivity index (χ4v) is 4.69. The van der Waals surface area contributed by atoms with Gasteiger partial charge in [0.1, 0.15) is 0 Å². The van der Waals surface area contributed by atoms with Gasteiger partial charge in [-0.3, -0.25) is 4.98 Å². The number of hydrogen-bond acceptors (Lipinski definition) is 4. The normalized spacial score (nSPS) is 19.8. The van der Waals surface area contributed by atoms with Crippen LogP contribution in [0, 0.1) is 5.92 Å². The summed E-state index contributed by atoms with van der Waals surface area (Å²) in [5.74, 6) is 0.540. The minimum absolute atomic E-state index is 0.00944. The standard InChI is InChI=1S/C20H26N4O3S/c1-15-4-2-6-18(12-15)24-28(26,27)19-9-7-17(8-10-19)23-20(25)22-14-16-5-3-11-21-13-16/h3,5,7-11,13,15,18,24H,2,4,6,12,14H2,1H3,(H2,22,23,25). The Hall–Kier alpha value is -2.45. The first kappa shape index (κ1) is 20.3. The first-order valence-electron chi connectivity index (χ1n) is 9.48. The van der Waals surface area contributed by atoms with Crippen molar-refractivity contribution >= 4 is 21.7 Å². The Balaban J connectivity index is 1.54. The van der Waals surface area contributed by atoms with Gasteiger partial charge in [-0.1, -0.05) is 25.8 Å². The van der Waals surface area contributed by atoms with E-state index in [1.165, 1.54) is 12.1 Å². The summed E-state index contributed by atoms with van der Waals surface area (Å²) in [7, 11) is -3.56. The molecule has 2 aromatic rings. The van der Waals surface area contributed by atoms with Gasteiger partial charge in [0.15, 0.2) is 0 Å². The zero-order valence-electron chi connectivity index (χ0n) is 15.9. The van der Waals surface area contributed by atoms with Crippen LogP contribution in [0.1, 0.15) is 38.2 Å². The Morgan fingerprint density at radius 2 is 1.96 bits per heavy atom. The molecule has 2 atom stereocenters. The molecule has 1 aromatic heterocycles. The highest BCUT2D eigenvalue weighted by atomic mass is 32.2. The number of nitrogens with zero attached hydrogens (tertiary/aromatic N) is 1. The van der Waals surface area contributed by atoms with E-state index in [0.717, 1.165) is 31.2 Å². The third kappa shape index (κ3) is 5.77. The summed E-state index contributed by atoms with van der Waals surface area (Å²) in [5.41, 5.74) is 1.41. The van der Waals surface area contributed by atoms with Crippen LogP contribution >= 0.6 is 0 Å². The van der Waals surface area contributed by atoms with Crippen LogP contribution in [0.5, 0.6) is 0 Å². The second-order valence-electron chi connectivity index (χ2n) is 7.28. The van der Waals surface area contributed by atoms with Crippen LogP contribution in [-0.4, -0.2) is 25.5 Å². The van der Waals surface area contributed by atoms with Gasteiger partial charge in [0.25, 0.3) is 0 Å². The summed E-state index contributed by atoms with van der Waals surface area (Å²) in [6, 6.07) is 9.47. The molecule has 1 aliphatic carbocycles. The number of carbonyl (C=O) groups excluding carboxylic acids is 1. The zero-order chi connectivity index (χ0) is 20.0. The van der Waals surface area contributed by atoms with E-state index in [1.54, 1.807) is 30.6 Å². The van der Waals surface area contributed by atoms with E-state index in [1.807, 2.05) is 6.07 Å². The topological polar surface area (TPSA) is 100 Å². The minimum atomic E-state index is -3.56.